The molecule has 0 unspecified atom stereocenters. The number of anilines is 1. The number of fused-ring (bicyclic) bond motifs is 1. The largest absolute Gasteiger partial charge is 0.465 e. The molecule has 2 aliphatic heterocycles. The van der Waals surface area contributed by atoms with E-state index in [1.807, 2.05) is 32.9 Å². The van der Waals surface area contributed by atoms with Gasteiger partial charge in [-0.2, -0.15) is 0 Å². The molecule has 34 heavy (non-hydrogen) atoms. The smallest absolute Gasteiger partial charge is 0.408 e. The normalized spacial score (nSPS) is 20.8. The molecule has 1 N–H and O–H groups in total. The molecule has 182 valence electrons. The molecule has 2 amide bonds. The summed E-state index contributed by atoms with van der Waals surface area (Å²) in [4.78, 5) is 30.5. The van der Waals surface area contributed by atoms with Crippen LogP contribution in [0.25, 0.3) is 11.1 Å². The monoisotopic (exact) mass is 463 g/mol. The van der Waals surface area contributed by atoms with E-state index in [0.717, 1.165) is 28.9 Å². The highest BCUT2D eigenvalue weighted by atomic mass is 16.4. The summed E-state index contributed by atoms with van der Waals surface area (Å²) in [5.41, 5.74) is 5.17. The van der Waals surface area contributed by atoms with E-state index in [-0.39, 0.29) is 24.0 Å². The maximum atomic E-state index is 12.5. The van der Waals surface area contributed by atoms with E-state index >= 15 is 0 Å². The van der Waals surface area contributed by atoms with Crippen LogP contribution in [0, 0.1) is 0 Å². The maximum absolute atomic E-state index is 12.5. The Morgan fingerprint density at radius 1 is 1.03 bits per heavy atom. The number of carbonyl (C=O) groups is 2. The van der Waals surface area contributed by atoms with Crippen LogP contribution < -0.4 is 4.90 Å². The minimum absolute atomic E-state index is 0.0200. The molecule has 6 heteroatoms. The van der Waals surface area contributed by atoms with Crippen molar-refractivity contribution in [2.45, 2.75) is 78.0 Å². The van der Waals surface area contributed by atoms with Gasteiger partial charge in [-0.3, -0.25) is 14.6 Å². The van der Waals surface area contributed by atoms with E-state index in [1.165, 1.54) is 42.8 Å². The molecule has 2 heterocycles. The Labute approximate surface area is 203 Å². The summed E-state index contributed by atoms with van der Waals surface area (Å²) in [6.45, 7) is 10.7. The maximum Gasteiger partial charge on any atom is 0.408 e. The Morgan fingerprint density at radius 3 is 2.26 bits per heavy atom. The van der Waals surface area contributed by atoms with Crippen LogP contribution >= 0.6 is 0 Å². The molecule has 4 rings (SSSR count). The highest BCUT2D eigenvalue weighted by Crippen LogP contribution is 2.43. The van der Waals surface area contributed by atoms with Gasteiger partial charge in [0, 0.05) is 31.2 Å². The van der Waals surface area contributed by atoms with Gasteiger partial charge in [0.05, 0.1) is 6.04 Å². The first-order chi connectivity index (χ1) is 16.3. The molecule has 0 aliphatic carbocycles. The van der Waals surface area contributed by atoms with Crippen LogP contribution in [0.5, 0.6) is 0 Å². The summed E-state index contributed by atoms with van der Waals surface area (Å²) >= 11 is 0. The van der Waals surface area contributed by atoms with Crippen LogP contribution in [0.1, 0.15) is 70.5 Å². The lowest BCUT2D eigenvalue weighted by molar-refractivity contribution is -0.117. The van der Waals surface area contributed by atoms with Gasteiger partial charge in [0.25, 0.3) is 0 Å². The van der Waals surface area contributed by atoms with Crippen molar-refractivity contribution in [3.8, 4) is 11.1 Å². The van der Waals surface area contributed by atoms with Crippen molar-refractivity contribution in [1.29, 1.82) is 0 Å². The zero-order chi connectivity index (χ0) is 24.4. The molecule has 0 saturated carbocycles. The Bertz CT molecular complexity index is 1030. The first-order valence-electron chi connectivity index (χ1n) is 12.5. The topological polar surface area (TPSA) is 64.1 Å². The van der Waals surface area contributed by atoms with Gasteiger partial charge >= 0.3 is 6.09 Å². The number of benzene rings is 2. The minimum Gasteiger partial charge on any atom is -0.465 e. The van der Waals surface area contributed by atoms with Gasteiger partial charge in [0.15, 0.2) is 0 Å². The van der Waals surface area contributed by atoms with Gasteiger partial charge in [0.2, 0.25) is 5.91 Å². The second-order valence-corrected chi connectivity index (χ2v) is 10.1. The summed E-state index contributed by atoms with van der Waals surface area (Å²) in [7, 11) is 0. The molecule has 2 aliphatic rings. The molecule has 0 radical (unpaired) electrons. The number of likely N-dealkylation sites (tertiary alicyclic amines) is 1. The SMILES string of the molecule is CC(=O)N1c2ccc(-c3ccc(CN4CCCCC4)cc3)cc2[C@@H](N(C(=O)O)C(C)C)C[C@H]1C. The van der Waals surface area contributed by atoms with Crippen molar-refractivity contribution >= 4 is 17.7 Å². The molecule has 2 atom stereocenters. The first-order valence-corrected chi connectivity index (χ1v) is 12.5. The zero-order valence-corrected chi connectivity index (χ0v) is 20.8. The molecule has 0 bridgehead atoms. The number of amides is 2. The second-order valence-electron chi connectivity index (χ2n) is 10.1. The van der Waals surface area contributed by atoms with Gasteiger partial charge in [-0.05, 0) is 87.5 Å². The van der Waals surface area contributed by atoms with Crippen LogP contribution in [0.2, 0.25) is 0 Å². The minimum atomic E-state index is -0.929. The van der Waals surface area contributed by atoms with Crippen LogP contribution in [0.3, 0.4) is 0 Å². The number of hydrogen-bond donors (Lipinski definition) is 1. The number of nitrogens with zero attached hydrogens (tertiary/aromatic N) is 3. The van der Waals surface area contributed by atoms with Gasteiger partial charge in [-0.15, -0.1) is 0 Å². The predicted octanol–water partition coefficient (Wildman–Crippen LogP) is 5.91. The number of hydrogen-bond acceptors (Lipinski definition) is 3. The molecule has 2 aromatic rings. The fourth-order valence-corrected chi connectivity index (χ4v) is 5.65. The molecule has 2 aromatic carbocycles. The third-order valence-corrected chi connectivity index (χ3v) is 7.25. The first kappa shape index (κ1) is 24.3. The fraction of sp³-hybridized carbons (Fsp3) is 0.500. The molecular weight excluding hydrogens is 426 g/mol. The van der Waals surface area contributed by atoms with E-state index in [0.29, 0.717) is 6.42 Å². The third kappa shape index (κ3) is 4.97. The van der Waals surface area contributed by atoms with Gasteiger partial charge in [0.1, 0.15) is 0 Å². The van der Waals surface area contributed by atoms with Crippen LogP contribution in [-0.4, -0.2) is 52.1 Å². The van der Waals surface area contributed by atoms with E-state index in [9.17, 15) is 14.7 Å². The van der Waals surface area contributed by atoms with Gasteiger partial charge in [-0.25, -0.2) is 4.79 Å². The summed E-state index contributed by atoms with van der Waals surface area (Å²) in [5.74, 6) is -0.0200. The molecule has 1 saturated heterocycles. The molecule has 1 fully saturated rings. The Kier molecular flexibility index (Phi) is 7.27. The van der Waals surface area contributed by atoms with Crippen molar-refractivity contribution in [3.05, 3.63) is 53.6 Å². The van der Waals surface area contributed by atoms with Crippen LogP contribution in [0.15, 0.2) is 42.5 Å². The van der Waals surface area contributed by atoms with Gasteiger partial charge in [-0.1, -0.05) is 36.8 Å². The number of piperidine rings is 1. The summed E-state index contributed by atoms with van der Waals surface area (Å²) in [6.07, 6.45) is 3.56. The molecule has 6 nitrogen and oxygen atoms in total. The van der Waals surface area contributed by atoms with E-state index in [2.05, 4.69) is 35.2 Å². The Hall–Kier alpha value is -2.86. The number of rotatable bonds is 5. The van der Waals surface area contributed by atoms with Crippen LogP contribution in [0.4, 0.5) is 10.5 Å². The Balaban J connectivity index is 1.67. The van der Waals surface area contributed by atoms with Crippen LogP contribution in [-0.2, 0) is 11.3 Å². The summed E-state index contributed by atoms with van der Waals surface area (Å²) in [5, 5.41) is 9.98. The summed E-state index contributed by atoms with van der Waals surface area (Å²) in [6, 6.07) is 14.3. The Morgan fingerprint density at radius 2 is 1.68 bits per heavy atom. The lowest BCUT2D eigenvalue weighted by Gasteiger charge is -2.43. The number of carbonyl (C=O) groups excluding carboxylic acids is 1. The average molecular weight is 464 g/mol. The zero-order valence-electron chi connectivity index (χ0n) is 20.8. The van der Waals surface area contributed by atoms with E-state index < -0.39 is 6.09 Å². The van der Waals surface area contributed by atoms with Crippen molar-refractivity contribution in [2.24, 2.45) is 0 Å². The van der Waals surface area contributed by atoms with Crippen molar-refractivity contribution in [3.63, 3.8) is 0 Å². The molecule has 0 aromatic heterocycles. The fourth-order valence-electron chi connectivity index (χ4n) is 5.65. The lowest BCUT2D eigenvalue weighted by Crippen LogP contribution is -2.48. The highest BCUT2D eigenvalue weighted by Gasteiger charge is 2.38. The predicted molar refractivity (Wildman–Crippen MR) is 136 cm³/mol. The molecular formula is C28H37N3O3. The summed E-state index contributed by atoms with van der Waals surface area (Å²) < 4.78 is 0. The third-order valence-electron chi connectivity index (χ3n) is 7.25. The van der Waals surface area contributed by atoms with Gasteiger partial charge < -0.3 is 10.0 Å². The second kappa shape index (κ2) is 10.2. The standard InChI is InChI=1S/C28H37N3O3/c1-19(2)30(28(33)34)27-16-20(3)31(21(4)32)26-13-12-24(17-25(26)27)23-10-8-22(9-11-23)18-29-14-6-5-7-15-29/h8-13,17,19-20,27H,5-7,14-16,18H2,1-4H3,(H,33,34)/t20-,27+/m1/s1. The average Bonchev–Trinajstić information content (AvgIpc) is 2.79. The lowest BCUT2D eigenvalue weighted by atomic mass is 9.87. The highest BCUT2D eigenvalue weighted by molar-refractivity contribution is 5.94. The quantitative estimate of drug-likeness (QED) is 0.598. The van der Waals surface area contributed by atoms with Crippen molar-refractivity contribution in [2.75, 3.05) is 18.0 Å². The van der Waals surface area contributed by atoms with E-state index in [1.54, 1.807) is 11.8 Å². The van der Waals surface area contributed by atoms with E-state index in [4.69, 9.17) is 0 Å². The number of carboxylic acid groups (broad SMARTS) is 1. The van der Waals surface area contributed by atoms with Crippen molar-refractivity contribution < 1.29 is 14.7 Å². The van der Waals surface area contributed by atoms with Crippen molar-refractivity contribution in [1.82, 2.24) is 9.80 Å². The molecule has 0 spiro atoms.